The van der Waals surface area contributed by atoms with Gasteiger partial charge in [0.05, 0.1) is 13.3 Å². The summed E-state index contributed by atoms with van der Waals surface area (Å²) in [6, 6.07) is 3.42. The summed E-state index contributed by atoms with van der Waals surface area (Å²) in [5.41, 5.74) is 3.03. The van der Waals surface area contributed by atoms with Crippen LogP contribution in [0, 0.1) is 6.92 Å². The highest BCUT2D eigenvalue weighted by molar-refractivity contribution is 7.92. The number of nitrogens with one attached hydrogen (secondary N) is 1. The molecule has 3 heterocycles. The second-order valence-electron chi connectivity index (χ2n) is 8.02. The third-order valence-electron chi connectivity index (χ3n) is 5.73. The van der Waals surface area contributed by atoms with E-state index in [1.54, 1.807) is 13.0 Å². The van der Waals surface area contributed by atoms with Gasteiger partial charge in [0, 0.05) is 30.8 Å². The highest BCUT2D eigenvalue weighted by Gasteiger charge is 2.24. The minimum absolute atomic E-state index is 0.0812. The molecule has 0 bridgehead atoms. The van der Waals surface area contributed by atoms with Gasteiger partial charge in [0.2, 0.25) is 11.8 Å². The lowest BCUT2D eigenvalue weighted by atomic mass is 9.96. The van der Waals surface area contributed by atoms with E-state index in [0.29, 0.717) is 17.1 Å². The number of ether oxygens (including phenoxy) is 2. The maximum atomic E-state index is 13.0. The van der Waals surface area contributed by atoms with Crippen LogP contribution in [0.25, 0.3) is 0 Å². The molecule has 0 amide bonds. The first-order chi connectivity index (χ1) is 14.4. The van der Waals surface area contributed by atoms with Crippen LogP contribution in [-0.4, -0.2) is 56.6 Å². The van der Waals surface area contributed by atoms with Crippen molar-refractivity contribution in [1.82, 2.24) is 14.9 Å². The summed E-state index contributed by atoms with van der Waals surface area (Å²) < 4.78 is 39.9. The van der Waals surface area contributed by atoms with Crippen molar-refractivity contribution in [2.45, 2.75) is 50.0 Å². The molecule has 2 aliphatic rings. The largest absolute Gasteiger partial charge is 0.479 e. The fourth-order valence-corrected chi connectivity index (χ4v) is 4.69. The molecule has 9 heteroatoms. The van der Waals surface area contributed by atoms with Crippen molar-refractivity contribution in [3.8, 4) is 11.8 Å². The monoisotopic (exact) mass is 432 g/mol. The van der Waals surface area contributed by atoms with Crippen molar-refractivity contribution in [3.63, 3.8) is 0 Å². The average molecular weight is 433 g/mol. The molecule has 1 saturated carbocycles. The summed E-state index contributed by atoms with van der Waals surface area (Å²) >= 11 is 0. The van der Waals surface area contributed by atoms with Crippen LogP contribution in [0.4, 0.5) is 5.69 Å². The number of hydrogen-bond acceptors (Lipinski definition) is 7. The minimum Gasteiger partial charge on any atom is -0.479 e. The Morgan fingerprint density at radius 1 is 1.17 bits per heavy atom. The first kappa shape index (κ1) is 20.9. The molecule has 0 radical (unpaired) electrons. The van der Waals surface area contributed by atoms with Crippen molar-refractivity contribution < 1.29 is 17.9 Å². The van der Waals surface area contributed by atoms with Gasteiger partial charge < -0.3 is 14.4 Å². The lowest BCUT2D eigenvalue weighted by Crippen LogP contribution is -2.25. The first-order valence-corrected chi connectivity index (χ1v) is 11.8. The molecule has 1 N–H and O–H groups in total. The van der Waals surface area contributed by atoms with Crippen LogP contribution in [0.5, 0.6) is 11.8 Å². The molecule has 0 spiro atoms. The number of aryl methyl sites for hydroxylation is 1. The molecule has 0 unspecified atom stereocenters. The normalized spacial score (nSPS) is 17.6. The molecule has 30 heavy (non-hydrogen) atoms. The van der Waals surface area contributed by atoms with Crippen molar-refractivity contribution >= 4 is 15.7 Å². The van der Waals surface area contributed by atoms with E-state index in [-0.39, 0.29) is 16.9 Å². The van der Waals surface area contributed by atoms with Gasteiger partial charge in [-0.2, -0.15) is 0 Å². The predicted octanol–water partition coefficient (Wildman–Crippen LogP) is 2.56. The van der Waals surface area contributed by atoms with Gasteiger partial charge in [0.1, 0.15) is 16.7 Å². The lowest BCUT2D eigenvalue weighted by molar-refractivity contribution is 0.113. The number of hydrogen-bond donors (Lipinski definition) is 1. The number of likely N-dealkylation sites (N-methyl/N-ethyl adjacent to an activating group) is 1. The fourth-order valence-electron chi connectivity index (χ4n) is 3.61. The molecule has 2 aromatic rings. The topological polar surface area (TPSA) is 93.6 Å². The number of methoxy groups -OCH3 is 1. The Balaban J connectivity index is 1.59. The van der Waals surface area contributed by atoms with Crippen LogP contribution in [0.3, 0.4) is 0 Å². The summed E-state index contributed by atoms with van der Waals surface area (Å²) in [4.78, 5) is 11.1. The van der Waals surface area contributed by atoms with Crippen LogP contribution in [0.15, 0.2) is 23.2 Å². The second kappa shape index (κ2) is 8.39. The smallest absolute Gasteiger partial charge is 0.263 e. The summed E-state index contributed by atoms with van der Waals surface area (Å²) in [6.07, 6.45) is 6.33. The number of nitrogens with zero attached hydrogens (tertiary/aromatic N) is 3. The Bertz CT molecular complexity index is 1040. The van der Waals surface area contributed by atoms with E-state index < -0.39 is 10.0 Å². The predicted molar refractivity (Wildman–Crippen MR) is 114 cm³/mol. The Morgan fingerprint density at radius 3 is 2.60 bits per heavy atom. The van der Waals surface area contributed by atoms with Gasteiger partial charge in [-0.05, 0) is 57.4 Å². The highest BCUT2D eigenvalue weighted by Crippen LogP contribution is 2.31. The number of pyridine rings is 2. The molecule has 1 aliphatic carbocycles. The SMILES string of the molecule is COc1nc2c(cc1NS(=O)(=O)c1cnc(OC3CCC3)c(C)c1)CCN(C)CC2. The molecule has 162 valence electrons. The van der Waals surface area contributed by atoms with E-state index in [1.807, 2.05) is 6.07 Å². The number of fused-ring (bicyclic) bond motifs is 1. The maximum Gasteiger partial charge on any atom is 0.263 e. The molecule has 2 aromatic heterocycles. The van der Waals surface area contributed by atoms with E-state index in [2.05, 4.69) is 26.6 Å². The molecule has 8 nitrogen and oxygen atoms in total. The zero-order valence-corrected chi connectivity index (χ0v) is 18.5. The number of rotatable bonds is 6. The van der Waals surface area contributed by atoms with Crippen LogP contribution in [-0.2, 0) is 22.9 Å². The Kier molecular flexibility index (Phi) is 5.84. The molecule has 1 aliphatic heterocycles. The number of anilines is 1. The second-order valence-corrected chi connectivity index (χ2v) is 9.71. The highest BCUT2D eigenvalue weighted by atomic mass is 32.2. The van der Waals surface area contributed by atoms with Crippen LogP contribution in [0.2, 0.25) is 0 Å². The fraction of sp³-hybridized carbons (Fsp3) is 0.524. The molecule has 4 rings (SSSR count). The summed E-state index contributed by atoms with van der Waals surface area (Å²) in [7, 11) is -0.287. The van der Waals surface area contributed by atoms with Gasteiger partial charge in [-0.15, -0.1) is 0 Å². The van der Waals surface area contributed by atoms with Crippen LogP contribution in [0.1, 0.15) is 36.1 Å². The van der Waals surface area contributed by atoms with Crippen molar-refractivity contribution in [3.05, 3.63) is 35.2 Å². The van der Waals surface area contributed by atoms with Crippen LogP contribution >= 0.6 is 0 Å². The third kappa shape index (κ3) is 4.37. The van der Waals surface area contributed by atoms with Gasteiger partial charge in [0.15, 0.2) is 0 Å². The van der Waals surface area contributed by atoms with Crippen LogP contribution < -0.4 is 14.2 Å². The summed E-state index contributed by atoms with van der Waals surface area (Å²) in [5.74, 6) is 0.767. The molecular weight excluding hydrogens is 404 g/mol. The number of sulfonamides is 1. The quantitative estimate of drug-likeness (QED) is 0.750. The Labute approximate surface area is 177 Å². The van der Waals surface area contributed by atoms with E-state index in [0.717, 1.165) is 56.5 Å². The molecule has 0 atom stereocenters. The van der Waals surface area contributed by atoms with Crippen molar-refractivity contribution in [2.75, 3.05) is 32.0 Å². The molecule has 0 saturated heterocycles. The first-order valence-electron chi connectivity index (χ1n) is 10.3. The molecule has 0 aromatic carbocycles. The summed E-state index contributed by atoms with van der Waals surface area (Å²) in [6.45, 7) is 3.62. The van der Waals surface area contributed by atoms with Crippen molar-refractivity contribution in [1.29, 1.82) is 0 Å². The molecule has 1 fully saturated rings. The van der Waals surface area contributed by atoms with Gasteiger partial charge >= 0.3 is 0 Å². The Hall–Kier alpha value is -2.39. The van der Waals surface area contributed by atoms with E-state index in [9.17, 15) is 8.42 Å². The zero-order valence-electron chi connectivity index (χ0n) is 17.6. The van der Waals surface area contributed by atoms with E-state index in [1.165, 1.54) is 13.3 Å². The molecular formula is C21H28N4O4S. The van der Waals surface area contributed by atoms with Gasteiger partial charge in [-0.1, -0.05) is 0 Å². The standard InChI is InChI=1S/C21H28N4O4S/c1-14-11-17(13-22-20(14)29-16-5-4-6-16)30(26,27)24-19-12-15-7-9-25(2)10-8-18(15)23-21(19)28-3/h11-13,16,24H,4-10H2,1-3H3. The van der Waals surface area contributed by atoms with E-state index in [4.69, 9.17) is 9.47 Å². The minimum atomic E-state index is -3.85. The Morgan fingerprint density at radius 2 is 1.93 bits per heavy atom. The zero-order chi connectivity index (χ0) is 21.3. The van der Waals surface area contributed by atoms with Gasteiger partial charge in [0.25, 0.3) is 10.0 Å². The van der Waals surface area contributed by atoms with Gasteiger partial charge in [-0.25, -0.2) is 18.4 Å². The summed E-state index contributed by atoms with van der Waals surface area (Å²) in [5, 5.41) is 0. The third-order valence-corrected chi connectivity index (χ3v) is 7.07. The van der Waals surface area contributed by atoms with Gasteiger partial charge in [-0.3, -0.25) is 4.72 Å². The maximum absolute atomic E-state index is 13.0. The lowest BCUT2D eigenvalue weighted by Gasteiger charge is -2.26. The van der Waals surface area contributed by atoms with E-state index >= 15 is 0 Å². The average Bonchev–Trinajstić information content (AvgIpc) is 2.86. The number of aromatic nitrogens is 2. The van der Waals surface area contributed by atoms with Crippen molar-refractivity contribution in [2.24, 2.45) is 0 Å².